The number of phenolic OH excluding ortho intramolecular Hbond substituents is 1. The Kier molecular flexibility index (Phi) is 9.63. The summed E-state index contributed by atoms with van der Waals surface area (Å²) < 4.78 is 5.92. The molecule has 5 N–H and O–H groups in total. The Labute approximate surface area is 222 Å². The molecule has 3 rings (SSSR count). The first kappa shape index (κ1) is 27.7. The molecule has 0 saturated carbocycles. The van der Waals surface area contributed by atoms with Gasteiger partial charge in [-0.15, -0.1) is 11.8 Å². The number of carbonyl (C=O) groups excluding carboxylic acids is 2. The number of rotatable bonds is 10. The monoisotopic (exact) mass is 519 g/mol. The summed E-state index contributed by atoms with van der Waals surface area (Å²) in [4.78, 5) is 26.2. The third-order valence-electron chi connectivity index (χ3n) is 5.91. The molecule has 0 saturated heterocycles. The first-order valence-corrected chi connectivity index (χ1v) is 13.1. The summed E-state index contributed by atoms with van der Waals surface area (Å²) in [5.74, 6) is -0.138. The molecule has 7 nitrogen and oxygen atoms in total. The van der Waals surface area contributed by atoms with Gasteiger partial charge in [0.25, 0.3) is 0 Å². The third kappa shape index (κ3) is 8.32. The van der Waals surface area contributed by atoms with Crippen molar-refractivity contribution in [2.75, 3.05) is 22.6 Å². The minimum Gasteiger partial charge on any atom is -0.508 e. The standard InChI is InChI=1S/C29H33N3O4S/c1-29(2,19-7-6-10-26(34)32-25-9-5-4-8-24(25)30)27(20-11-15-22(33)16-12-20)36-28(35)31-21-13-17-23(37-3)18-14-21/h4-6,8-18,27,33H,7,19,30H2,1-3H3,(H,31,35)(H,32,34)/b10-6+/t27-/m1/s1. The van der Waals surface area contributed by atoms with Gasteiger partial charge in [-0.05, 0) is 79.3 Å². The van der Waals surface area contributed by atoms with Crippen molar-refractivity contribution in [3.05, 3.63) is 90.5 Å². The second kappa shape index (κ2) is 12.9. The van der Waals surface area contributed by atoms with Crippen molar-refractivity contribution >= 4 is 40.8 Å². The molecule has 0 unspecified atom stereocenters. The van der Waals surface area contributed by atoms with Crippen LogP contribution in [0, 0.1) is 5.41 Å². The van der Waals surface area contributed by atoms with Gasteiger partial charge in [0.15, 0.2) is 0 Å². The summed E-state index contributed by atoms with van der Waals surface area (Å²) in [6.07, 6.45) is 5.30. The van der Waals surface area contributed by atoms with Crippen LogP contribution in [0.15, 0.2) is 89.8 Å². The number of para-hydroxylation sites is 2. The Morgan fingerprint density at radius 1 is 1.03 bits per heavy atom. The molecular weight excluding hydrogens is 486 g/mol. The summed E-state index contributed by atoms with van der Waals surface area (Å²) in [5.41, 5.74) is 7.85. The molecule has 194 valence electrons. The second-order valence-corrected chi connectivity index (χ2v) is 10.1. The zero-order chi connectivity index (χ0) is 26.8. The van der Waals surface area contributed by atoms with Gasteiger partial charge < -0.3 is 20.9 Å². The van der Waals surface area contributed by atoms with E-state index < -0.39 is 17.6 Å². The highest BCUT2D eigenvalue weighted by Crippen LogP contribution is 2.41. The van der Waals surface area contributed by atoms with Crippen LogP contribution in [0.2, 0.25) is 0 Å². The van der Waals surface area contributed by atoms with E-state index in [2.05, 4.69) is 10.6 Å². The fourth-order valence-corrected chi connectivity index (χ4v) is 4.23. The Balaban J connectivity index is 1.66. The maximum absolute atomic E-state index is 12.8. The van der Waals surface area contributed by atoms with Gasteiger partial charge in [-0.25, -0.2) is 4.79 Å². The average molecular weight is 520 g/mol. The SMILES string of the molecule is CSc1ccc(NC(=O)O[C@H](c2ccc(O)cc2)C(C)(C)CC/C=C/C(=O)Nc2ccccc2N)cc1. The normalized spacial score (nSPS) is 12.2. The van der Waals surface area contributed by atoms with E-state index in [4.69, 9.17) is 10.5 Å². The fraction of sp³-hybridized carbons (Fsp3) is 0.241. The van der Waals surface area contributed by atoms with E-state index in [0.29, 0.717) is 29.9 Å². The van der Waals surface area contributed by atoms with E-state index >= 15 is 0 Å². The number of nitrogens with two attached hydrogens (primary N) is 1. The molecule has 0 fully saturated rings. The molecule has 3 aromatic rings. The number of carbonyl (C=O) groups is 2. The lowest BCUT2D eigenvalue weighted by Gasteiger charge is -2.34. The van der Waals surface area contributed by atoms with Gasteiger partial charge in [-0.3, -0.25) is 10.1 Å². The number of allylic oxidation sites excluding steroid dienone is 1. The minimum absolute atomic E-state index is 0.131. The lowest BCUT2D eigenvalue weighted by Crippen LogP contribution is -2.29. The van der Waals surface area contributed by atoms with Crippen LogP contribution in [-0.4, -0.2) is 23.4 Å². The summed E-state index contributed by atoms with van der Waals surface area (Å²) in [7, 11) is 0. The van der Waals surface area contributed by atoms with Crippen LogP contribution < -0.4 is 16.4 Å². The van der Waals surface area contributed by atoms with Gasteiger partial charge in [0.05, 0.1) is 11.4 Å². The second-order valence-electron chi connectivity index (χ2n) is 9.24. The fourth-order valence-electron chi connectivity index (χ4n) is 3.82. The van der Waals surface area contributed by atoms with Gasteiger partial charge in [0.1, 0.15) is 11.9 Å². The average Bonchev–Trinajstić information content (AvgIpc) is 2.88. The minimum atomic E-state index is -0.593. The first-order valence-electron chi connectivity index (χ1n) is 11.9. The lowest BCUT2D eigenvalue weighted by molar-refractivity contribution is -0.111. The number of ether oxygens (including phenoxy) is 1. The quantitative estimate of drug-likeness (QED) is 0.130. The van der Waals surface area contributed by atoms with Crippen LogP contribution in [0.25, 0.3) is 0 Å². The molecule has 0 aromatic heterocycles. The smallest absolute Gasteiger partial charge is 0.412 e. The molecule has 0 radical (unpaired) electrons. The molecular formula is C29H33N3O4S. The summed E-state index contributed by atoms with van der Waals surface area (Å²) in [6.45, 7) is 4.01. The van der Waals surface area contributed by atoms with Gasteiger partial charge >= 0.3 is 6.09 Å². The number of phenols is 1. The van der Waals surface area contributed by atoms with E-state index in [9.17, 15) is 14.7 Å². The molecule has 8 heteroatoms. The van der Waals surface area contributed by atoms with Gasteiger partial charge in [0.2, 0.25) is 5.91 Å². The summed E-state index contributed by atoms with van der Waals surface area (Å²) in [6, 6.07) is 21.2. The Bertz CT molecular complexity index is 1220. The molecule has 0 aliphatic carbocycles. The van der Waals surface area contributed by atoms with Crippen LogP contribution in [0.4, 0.5) is 21.9 Å². The number of nitrogen functional groups attached to an aromatic ring is 1. The predicted octanol–water partition coefficient (Wildman–Crippen LogP) is 6.99. The van der Waals surface area contributed by atoms with Gasteiger partial charge in [-0.2, -0.15) is 0 Å². The topological polar surface area (TPSA) is 114 Å². The number of hydrogen-bond acceptors (Lipinski definition) is 6. The van der Waals surface area contributed by atoms with Crippen molar-refractivity contribution in [2.45, 2.75) is 37.7 Å². The highest BCUT2D eigenvalue weighted by molar-refractivity contribution is 7.98. The van der Waals surface area contributed by atoms with Crippen molar-refractivity contribution in [3.63, 3.8) is 0 Å². The van der Waals surface area contributed by atoms with Crippen molar-refractivity contribution < 1.29 is 19.4 Å². The molecule has 37 heavy (non-hydrogen) atoms. The number of hydrogen-bond donors (Lipinski definition) is 4. The molecule has 2 amide bonds. The van der Waals surface area contributed by atoms with Gasteiger partial charge in [-0.1, -0.05) is 44.2 Å². The maximum atomic E-state index is 12.8. The summed E-state index contributed by atoms with van der Waals surface area (Å²) >= 11 is 1.62. The molecule has 0 spiro atoms. The van der Waals surface area contributed by atoms with Crippen molar-refractivity contribution in [1.29, 1.82) is 0 Å². The van der Waals surface area contributed by atoms with Gasteiger partial charge in [0, 0.05) is 16.0 Å². The molecule has 0 heterocycles. The number of nitrogens with one attached hydrogen (secondary N) is 2. The largest absolute Gasteiger partial charge is 0.508 e. The Hall–Kier alpha value is -3.91. The predicted molar refractivity (Wildman–Crippen MR) is 151 cm³/mol. The summed E-state index contributed by atoms with van der Waals surface area (Å²) in [5, 5.41) is 15.3. The van der Waals surface area contributed by atoms with E-state index in [1.807, 2.05) is 44.4 Å². The zero-order valence-corrected chi connectivity index (χ0v) is 22.0. The number of anilines is 3. The van der Waals surface area contributed by atoms with E-state index in [0.717, 1.165) is 10.5 Å². The maximum Gasteiger partial charge on any atom is 0.412 e. The first-order chi connectivity index (χ1) is 17.7. The van der Waals surface area contributed by atoms with Crippen molar-refractivity contribution in [2.24, 2.45) is 5.41 Å². The van der Waals surface area contributed by atoms with Crippen LogP contribution >= 0.6 is 11.8 Å². The number of amides is 2. The Morgan fingerprint density at radius 2 is 1.70 bits per heavy atom. The van der Waals surface area contributed by atoms with E-state index in [1.165, 1.54) is 6.08 Å². The van der Waals surface area contributed by atoms with Crippen LogP contribution in [-0.2, 0) is 9.53 Å². The molecule has 0 bridgehead atoms. The molecule has 3 aromatic carbocycles. The molecule has 0 aliphatic heterocycles. The highest BCUT2D eigenvalue weighted by atomic mass is 32.2. The van der Waals surface area contributed by atoms with Crippen LogP contribution in [0.3, 0.4) is 0 Å². The van der Waals surface area contributed by atoms with Crippen LogP contribution in [0.5, 0.6) is 5.75 Å². The van der Waals surface area contributed by atoms with Crippen molar-refractivity contribution in [1.82, 2.24) is 0 Å². The lowest BCUT2D eigenvalue weighted by atomic mass is 9.78. The number of thioether (sulfide) groups is 1. The zero-order valence-electron chi connectivity index (χ0n) is 21.2. The van der Waals surface area contributed by atoms with E-state index in [1.54, 1.807) is 66.4 Å². The number of benzene rings is 3. The Morgan fingerprint density at radius 3 is 2.35 bits per heavy atom. The van der Waals surface area contributed by atoms with Crippen molar-refractivity contribution in [3.8, 4) is 5.75 Å². The van der Waals surface area contributed by atoms with E-state index in [-0.39, 0.29) is 11.7 Å². The third-order valence-corrected chi connectivity index (χ3v) is 6.65. The number of aromatic hydroxyl groups is 1. The molecule has 1 atom stereocenters. The molecule has 0 aliphatic rings. The van der Waals surface area contributed by atoms with Crippen LogP contribution in [0.1, 0.15) is 38.4 Å². The highest BCUT2D eigenvalue weighted by Gasteiger charge is 2.34.